The van der Waals surface area contributed by atoms with Crippen molar-refractivity contribution in [1.82, 2.24) is 10.2 Å². The molecular formula is C19H22Cl2N2. The van der Waals surface area contributed by atoms with Crippen molar-refractivity contribution < 1.29 is 0 Å². The van der Waals surface area contributed by atoms with Gasteiger partial charge < -0.3 is 5.32 Å². The Hall–Kier alpha value is -1.06. The summed E-state index contributed by atoms with van der Waals surface area (Å²) in [5, 5.41) is 4.86. The summed E-state index contributed by atoms with van der Waals surface area (Å²) in [6.07, 6.45) is 1.25. The standard InChI is InChI=1S/C19H22Cl2N2/c20-18-8-17(9-19(21)10-18)14-23(13-16-6-7-22-11-16)12-15-4-2-1-3-5-15/h1-5,8-10,16,22H,6-7,11-14H2/t16-/m1/s1. The highest BCUT2D eigenvalue weighted by atomic mass is 35.5. The molecule has 0 radical (unpaired) electrons. The van der Waals surface area contributed by atoms with Gasteiger partial charge >= 0.3 is 0 Å². The molecule has 0 amide bonds. The van der Waals surface area contributed by atoms with Crippen LogP contribution in [0.1, 0.15) is 17.5 Å². The third kappa shape index (κ3) is 5.22. The molecule has 0 saturated carbocycles. The number of halogens is 2. The van der Waals surface area contributed by atoms with Crippen molar-refractivity contribution in [3.05, 3.63) is 69.7 Å². The maximum atomic E-state index is 6.15. The molecule has 122 valence electrons. The second kappa shape index (κ2) is 8.16. The zero-order valence-corrected chi connectivity index (χ0v) is 14.7. The minimum absolute atomic E-state index is 0.703. The van der Waals surface area contributed by atoms with Gasteiger partial charge in [0.2, 0.25) is 0 Å². The summed E-state index contributed by atoms with van der Waals surface area (Å²) in [5.74, 6) is 0.716. The summed E-state index contributed by atoms with van der Waals surface area (Å²) in [7, 11) is 0. The van der Waals surface area contributed by atoms with Crippen LogP contribution in [0.2, 0.25) is 10.0 Å². The van der Waals surface area contributed by atoms with Crippen molar-refractivity contribution in [2.45, 2.75) is 19.5 Å². The van der Waals surface area contributed by atoms with Gasteiger partial charge in [-0.05, 0) is 54.8 Å². The van der Waals surface area contributed by atoms with E-state index in [2.05, 4.69) is 40.5 Å². The van der Waals surface area contributed by atoms with Gasteiger partial charge in [-0.1, -0.05) is 53.5 Å². The maximum absolute atomic E-state index is 6.15. The highest BCUT2D eigenvalue weighted by Gasteiger charge is 2.19. The van der Waals surface area contributed by atoms with E-state index in [0.29, 0.717) is 16.0 Å². The molecule has 1 atom stereocenters. The number of nitrogens with one attached hydrogen (secondary N) is 1. The van der Waals surface area contributed by atoms with Gasteiger partial charge in [-0.2, -0.15) is 0 Å². The Morgan fingerprint density at radius 2 is 1.65 bits per heavy atom. The molecule has 1 heterocycles. The predicted molar refractivity (Wildman–Crippen MR) is 98.0 cm³/mol. The molecule has 0 unspecified atom stereocenters. The number of nitrogens with zero attached hydrogens (tertiary/aromatic N) is 1. The minimum Gasteiger partial charge on any atom is -0.316 e. The average Bonchev–Trinajstić information content (AvgIpc) is 3.00. The highest BCUT2D eigenvalue weighted by molar-refractivity contribution is 6.34. The molecule has 23 heavy (non-hydrogen) atoms. The molecule has 0 bridgehead atoms. The molecule has 3 rings (SSSR count). The Kier molecular flexibility index (Phi) is 5.96. The molecule has 0 aromatic heterocycles. The summed E-state index contributed by atoms with van der Waals surface area (Å²) >= 11 is 12.3. The second-order valence-electron chi connectivity index (χ2n) is 6.29. The zero-order chi connectivity index (χ0) is 16.1. The summed E-state index contributed by atoms with van der Waals surface area (Å²) in [5.41, 5.74) is 2.51. The van der Waals surface area contributed by atoms with Crippen LogP contribution >= 0.6 is 23.2 Å². The number of hydrogen-bond donors (Lipinski definition) is 1. The molecule has 0 aliphatic carbocycles. The number of hydrogen-bond acceptors (Lipinski definition) is 2. The first-order valence-corrected chi connectivity index (χ1v) is 8.86. The summed E-state index contributed by atoms with van der Waals surface area (Å²) in [6, 6.07) is 16.4. The normalized spacial score (nSPS) is 17.8. The second-order valence-corrected chi connectivity index (χ2v) is 7.16. The molecule has 1 saturated heterocycles. The van der Waals surface area contributed by atoms with E-state index in [1.54, 1.807) is 6.07 Å². The maximum Gasteiger partial charge on any atom is 0.0424 e. The predicted octanol–water partition coefficient (Wildman–Crippen LogP) is 4.61. The van der Waals surface area contributed by atoms with Crippen molar-refractivity contribution in [3.63, 3.8) is 0 Å². The molecule has 2 aromatic carbocycles. The van der Waals surface area contributed by atoms with E-state index in [0.717, 1.165) is 32.7 Å². The van der Waals surface area contributed by atoms with Gasteiger partial charge in [0, 0.05) is 29.7 Å². The van der Waals surface area contributed by atoms with Crippen LogP contribution in [0, 0.1) is 5.92 Å². The lowest BCUT2D eigenvalue weighted by Crippen LogP contribution is -2.30. The van der Waals surface area contributed by atoms with Crippen molar-refractivity contribution in [2.75, 3.05) is 19.6 Å². The first kappa shape index (κ1) is 16.8. The quantitative estimate of drug-likeness (QED) is 0.820. The van der Waals surface area contributed by atoms with Gasteiger partial charge in [0.05, 0.1) is 0 Å². The van der Waals surface area contributed by atoms with Gasteiger partial charge in [0.25, 0.3) is 0 Å². The van der Waals surface area contributed by atoms with Gasteiger partial charge in [0.15, 0.2) is 0 Å². The fraction of sp³-hybridized carbons (Fsp3) is 0.368. The third-order valence-corrected chi connectivity index (χ3v) is 4.69. The molecule has 1 aliphatic rings. The number of rotatable bonds is 6. The fourth-order valence-electron chi connectivity index (χ4n) is 3.22. The monoisotopic (exact) mass is 348 g/mol. The van der Waals surface area contributed by atoms with Crippen LogP contribution in [-0.4, -0.2) is 24.5 Å². The first-order valence-electron chi connectivity index (χ1n) is 8.11. The van der Waals surface area contributed by atoms with Crippen LogP contribution in [0.5, 0.6) is 0 Å². The van der Waals surface area contributed by atoms with E-state index in [4.69, 9.17) is 23.2 Å². The lowest BCUT2D eigenvalue weighted by atomic mass is 10.1. The molecule has 4 heteroatoms. The molecule has 1 aliphatic heterocycles. The van der Waals surface area contributed by atoms with Crippen LogP contribution in [0.3, 0.4) is 0 Å². The molecule has 2 aromatic rings. The third-order valence-electron chi connectivity index (χ3n) is 4.26. The molecular weight excluding hydrogens is 327 g/mol. The van der Waals surface area contributed by atoms with Crippen LogP contribution < -0.4 is 5.32 Å². The Labute approximate surface area is 148 Å². The molecule has 0 spiro atoms. The molecule has 1 fully saturated rings. The average molecular weight is 349 g/mol. The van der Waals surface area contributed by atoms with Crippen LogP contribution in [0.15, 0.2) is 48.5 Å². The zero-order valence-electron chi connectivity index (χ0n) is 13.1. The van der Waals surface area contributed by atoms with Crippen LogP contribution in [-0.2, 0) is 13.1 Å². The van der Waals surface area contributed by atoms with E-state index < -0.39 is 0 Å². The fourth-order valence-corrected chi connectivity index (χ4v) is 3.79. The molecule has 2 nitrogen and oxygen atoms in total. The summed E-state index contributed by atoms with van der Waals surface area (Å²) in [4.78, 5) is 2.50. The minimum atomic E-state index is 0.703. The Morgan fingerprint density at radius 3 is 2.30 bits per heavy atom. The Bertz CT molecular complexity index is 604. The first-order chi connectivity index (χ1) is 11.2. The van der Waals surface area contributed by atoms with E-state index in [-0.39, 0.29) is 0 Å². The number of benzene rings is 2. The lowest BCUT2D eigenvalue weighted by Gasteiger charge is -2.25. The van der Waals surface area contributed by atoms with Gasteiger partial charge in [-0.15, -0.1) is 0 Å². The van der Waals surface area contributed by atoms with Crippen LogP contribution in [0.25, 0.3) is 0 Å². The summed E-state index contributed by atoms with van der Waals surface area (Å²) in [6.45, 7) is 5.15. The highest BCUT2D eigenvalue weighted by Crippen LogP contribution is 2.22. The van der Waals surface area contributed by atoms with E-state index in [1.165, 1.54) is 17.5 Å². The van der Waals surface area contributed by atoms with Crippen molar-refractivity contribution in [3.8, 4) is 0 Å². The largest absolute Gasteiger partial charge is 0.316 e. The van der Waals surface area contributed by atoms with Gasteiger partial charge in [0.1, 0.15) is 0 Å². The van der Waals surface area contributed by atoms with E-state index in [9.17, 15) is 0 Å². The topological polar surface area (TPSA) is 15.3 Å². The smallest absolute Gasteiger partial charge is 0.0424 e. The van der Waals surface area contributed by atoms with Crippen molar-refractivity contribution in [1.29, 1.82) is 0 Å². The van der Waals surface area contributed by atoms with Crippen LogP contribution in [0.4, 0.5) is 0 Å². The van der Waals surface area contributed by atoms with E-state index in [1.807, 2.05) is 12.1 Å². The summed E-state index contributed by atoms with van der Waals surface area (Å²) < 4.78 is 0. The van der Waals surface area contributed by atoms with Gasteiger partial charge in [-0.3, -0.25) is 4.90 Å². The molecule has 1 N–H and O–H groups in total. The SMILES string of the molecule is Clc1cc(Cl)cc(CN(Cc2ccccc2)C[C@@H]2CCNC2)c1. The Morgan fingerprint density at radius 1 is 0.957 bits per heavy atom. The van der Waals surface area contributed by atoms with Gasteiger partial charge in [-0.25, -0.2) is 0 Å². The van der Waals surface area contributed by atoms with E-state index >= 15 is 0 Å². The van der Waals surface area contributed by atoms with Crippen molar-refractivity contribution in [2.24, 2.45) is 5.92 Å². The van der Waals surface area contributed by atoms with Crippen molar-refractivity contribution >= 4 is 23.2 Å². The lowest BCUT2D eigenvalue weighted by molar-refractivity contribution is 0.220. The Balaban J connectivity index is 1.73.